The van der Waals surface area contributed by atoms with Crippen molar-refractivity contribution in [1.29, 1.82) is 0 Å². The van der Waals surface area contributed by atoms with E-state index in [0.29, 0.717) is 0 Å². The second-order valence-electron chi connectivity index (χ2n) is 2.69. The zero-order valence-electron chi connectivity index (χ0n) is 7.10. The first kappa shape index (κ1) is 8.70. The van der Waals surface area contributed by atoms with Crippen LogP contribution in [0.4, 0.5) is 5.69 Å². The Balaban J connectivity index is 2.84. The van der Waals surface area contributed by atoms with Crippen molar-refractivity contribution in [1.82, 2.24) is 9.78 Å². The van der Waals surface area contributed by atoms with E-state index in [9.17, 15) is 10.1 Å². The van der Waals surface area contributed by atoms with Crippen LogP contribution in [0.2, 0.25) is 0 Å². The van der Waals surface area contributed by atoms with E-state index in [0.717, 1.165) is 6.42 Å². The van der Waals surface area contributed by atoms with E-state index >= 15 is 0 Å². The Labute approximate surface area is 70.2 Å². The van der Waals surface area contributed by atoms with Gasteiger partial charge >= 0.3 is 5.69 Å². The van der Waals surface area contributed by atoms with Gasteiger partial charge in [0, 0.05) is 6.04 Å². The van der Waals surface area contributed by atoms with Crippen molar-refractivity contribution < 1.29 is 4.92 Å². The Morgan fingerprint density at radius 2 is 2.50 bits per heavy atom. The van der Waals surface area contributed by atoms with Gasteiger partial charge in [-0.25, -0.2) is 0 Å². The zero-order valence-corrected chi connectivity index (χ0v) is 7.10. The van der Waals surface area contributed by atoms with Crippen LogP contribution in [0, 0.1) is 10.1 Å². The molecule has 1 heterocycles. The summed E-state index contributed by atoms with van der Waals surface area (Å²) in [6.45, 7) is 3.98. The highest BCUT2D eigenvalue weighted by Crippen LogP contribution is 2.14. The molecular formula is C7H11N3O2. The first-order valence-corrected chi connectivity index (χ1v) is 3.83. The molecule has 0 saturated heterocycles. The van der Waals surface area contributed by atoms with Crippen molar-refractivity contribution in [2.75, 3.05) is 0 Å². The minimum Gasteiger partial charge on any atom is -0.263 e. The first-order chi connectivity index (χ1) is 5.65. The molecule has 0 saturated carbocycles. The van der Waals surface area contributed by atoms with Crippen molar-refractivity contribution >= 4 is 5.69 Å². The standard InChI is InChI=1S/C7H11N3O2/c1-3-6(2)9-5-7(4-8-9)10(11)12/h4-6H,3H2,1-2H3/t6-/m0/s1. The zero-order chi connectivity index (χ0) is 9.14. The molecule has 0 amide bonds. The smallest absolute Gasteiger partial charge is 0.263 e. The summed E-state index contributed by atoms with van der Waals surface area (Å²) >= 11 is 0. The van der Waals surface area contributed by atoms with E-state index in [1.807, 2.05) is 13.8 Å². The summed E-state index contributed by atoms with van der Waals surface area (Å²) in [5.74, 6) is 0. The maximum atomic E-state index is 10.3. The van der Waals surface area contributed by atoms with Crippen LogP contribution in [0.1, 0.15) is 26.3 Å². The Morgan fingerprint density at radius 3 is 2.92 bits per heavy atom. The number of aromatic nitrogens is 2. The van der Waals surface area contributed by atoms with Gasteiger partial charge in [0.2, 0.25) is 0 Å². The molecule has 0 bridgehead atoms. The molecular weight excluding hydrogens is 158 g/mol. The average molecular weight is 169 g/mol. The highest BCUT2D eigenvalue weighted by molar-refractivity contribution is 5.20. The third-order valence-corrected chi connectivity index (χ3v) is 1.84. The van der Waals surface area contributed by atoms with Crippen LogP contribution >= 0.6 is 0 Å². The number of nitrogens with zero attached hydrogens (tertiary/aromatic N) is 3. The second-order valence-corrected chi connectivity index (χ2v) is 2.69. The maximum absolute atomic E-state index is 10.3. The second kappa shape index (κ2) is 3.34. The highest BCUT2D eigenvalue weighted by atomic mass is 16.6. The molecule has 0 fully saturated rings. The number of hydrogen-bond acceptors (Lipinski definition) is 3. The van der Waals surface area contributed by atoms with Gasteiger partial charge in [0.05, 0.1) is 4.92 Å². The molecule has 1 rings (SSSR count). The van der Waals surface area contributed by atoms with E-state index in [2.05, 4.69) is 5.10 Å². The van der Waals surface area contributed by atoms with Gasteiger partial charge in [-0.1, -0.05) is 6.92 Å². The van der Waals surface area contributed by atoms with Gasteiger partial charge in [-0.3, -0.25) is 14.8 Å². The molecule has 5 nitrogen and oxygen atoms in total. The first-order valence-electron chi connectivity index (χ1n) is 3.83. The van der Waals surface area contributed by atoms with Gasteiger partial charge in [-0.2, -0.15) is 5.10 Å². The number of hydrogen-bond donors (Lipinski definition) is 0. The molecule has 0 spiro atoms. The Kier molecular flexibility index (Phi) is 2.42. The lowest BCUT2D eigenvalue weighted by Gasteiger charge is -2.06. The van der Waals surface area contributed by atoms with Gasteiger partial charge in [0.15, 0.2) is 0 Å². The fourth-order valence-corrected chi connectivity index (χ4v) is 0.850. The largest absolute Gasteiger partial charge is 0.307 e. The van der Waals surface area contributed by atoms with Crippen LogP contribution < -0.4 is 0 Å². The van der Waals surface area contributed by atoms with Crippen LogP contribution in [0.5, 0.6) is 0 Å². The summed E-state index contributed by atoms with van der Waals surface area (Å²) < 4.78 is 1.61. The predicted octanol–water partition coefficient (Wildman–Crippen LogP) is 1.76. The summed E-state index contributed by atoms with van der Waals surface area (Å²) in [6, 6.07) is 0.221. The van der Waals surface area contributed by atoms with E-state index in [1.165, 1.54) is 12.4 Å². The molecule has 0 aliphatic rings. The Morgan fingerprint density at radius 1 is 1.83 bits per heavy atom. The van der Waals surface area contributed by atoms with Crippen molar-refractivity contribution in [3.8, 4) is 0 Å². The van der Waals surface area contributed by atoms with Crippen LogP contribution in [-0.2, 0) is 0 Å². The van der Waals surface area contributed by atoms with Crippen molar-refractivity contribution in [3.63, 3.8) is 0 Å². The third-order valence-electron chi connectivity index (χ3n) is 1.84. The lowest BCUT2D eigenvalue weighted by atomic mass is 10.3. The fourth-order valence-electron chi connectivity index (χ4n) is 0.850. The molecule has 12 heavy (non-hydrogen) atoms. The van der Waals surface area contributed by atoms with E-state index in [1.54, 1.807) is 4.68 Å². The lowest BCUT2D eigenvalue weighted by Crippen LogP contribution is -2.03. The van der Waals surface area contributed by atoms with Gasteiger partial charge in [0.1, 0.15) is 12.4 Å². The van der Waals surface area contributed by atoms with E-state index in [-0.39, 0.29) is 11.7 Å². The molecule has 0 aromatic carbocycles. The van der Waals surface area contributed by atoms with Gasteiger partial charge in [-0.15, -0.1) is 0 Å². The van der Waals surface area contributed by atoms with E-state index in [4.69, 9.17) is 0 Å². The molecule has 1 atom stereocenters. The van der Waals surface area contributed by atoms with E-state index < -0.39 is 4.92 Å². The number of rotatable bonds is 3. The van der Waals surface area contributed by atoms with Crippen LogP contribution in [0.25, 0.3) is 0 Å². The summed E-state index contributed by atoms with van der Waals surface area (Å²) in [5, 5.41) is 14.2. The lowest BCUT2D eigenvalue weighted by molar-refractivity contribution is -0.385. The van der Waals surface area contributed by atoms with Gasteiger partial charge in [0.25, 0.3) is 0 Å². The number of nitro groups is 1. The van der Waals surface area contributed by atoms with Crippen molar-refractivity contribution in [2.24, 2.45) is 0 Å². The molecule has 0 unspecified atom stereocenters. The molecule has 0 N–H and O–H groups in total. The van der Waals surface area contributed by atoms with Crippen LogP contribution in [0.3, 0.4) is 0 Å². The molecule has 0 aliphatic carbocycles. The summed E-state index contributed by atoms with van der Waals surface area (Å²) in [6.07, 6.45) is 3.64. The third kappa shape index (κ3) is 1.61. The quantitative estimate of drug-likeness (QED) is 0.511. The molecule has 5 heteroatoms. The SMILES string of the molecule is CC[C@H](C)n1cc([N+](=O)[O-])cn1. The maximum Gasteiger partial charge on any atom is 0.307 e. The normalized spacial score (nSPS) is 12.8. The van der Waals surface area contributed by atoms with Crippen molar-refractivity contribution in [3.05, 3.63) is 22.5 Å². The summed E-state index contributed by atoms with van der Waals surface area (Å²) in [4.78, 5) is 9.84. The molecule has 0 radical (unpaired) electrons. The monoisotopic (exact) mass is 169 g/mol. The molecule has 66 valence electrons. The highest BCUT2D eigenvalue weighted by Gasteiger charge is 2.10. The van der Waals surface area contributed by atoms with Crippen LogP contribution in [-0.4, -0.2) is 14.7 Å². The Hall–Kier alpha value is -1.39. The van der Waals surface area contributed by atoms with Crippen LogP contribution in [0.15, 0.2) is 12.4 Å². The summed E-state index contributed by atoms with van der Waals surface area (Å²) in [7, 11) is 0. The Bertz CT molecular complexity index is 282. The fraction of sp³-hybridized carbons (Fsp3) is 0.571. The topological polar surface area (TPSA) is 61.0 Å². The molecule has 1 aromatic heterocycles. The van der Waals surface area contributed by atoms with Gasteiger partial charge in [-0.05, 0) is 13.3 Å². The average Bonchev–Trinajstić information content (AvgIpc) is 2.51. The summed E-state index contributed by atoms with van der Waals surface area (Å²) in [5.41, 5.74) is 0.0512. The minimum absolute atomic E-state index is 0.0512. The predicted molar refractivity (Wildman–Crippen MR) is 43.9 cm³/mol. The van der Waals surface area contributed by atoms with Gasteiger partial charge < -0.3 is 0 Å². The minimum atomic E-state index is -0.439. The molecule has 1 aromatic rings. The van der Waals surface area contributed by atoms with Crippen molar-refractivity contribution in [2.45, 2.75) is 26.3 Å². The molecule has 0 aliphatic heterocycles.